The third-order valence-electron chi connectivity index (χ3n) is 4.11. The minimum atomic E-state index is -0.505. The molecule has 0 atom stereocenters. The average Bonchev–Trinajstić information content (AvgIpc) is 2.70. The van der Waals surface area contributed by atoms with E-state index < -0.39 is 11.4 Å². The number of hydrogen-bond donors (Lipinski definition) is 3. The predicted molar refractivity (Wildman–Crippen MR) is 108 cm³/mol. The molecule has 29 heavy (non-hydrogen) atoms. The van der Waals surface area contributed by atoms with E-state index in [0.29, 0.717) is 17.1 Å². The molecule has 1 heterocycles. The Morgan fingerprint density at radius 1 is 0.931 bits per heavy atom. The molecule has 0 saturated carbocycles. The van der Waals surface area contributed by atoms with Gasteiger partial charge in [0.25, 0.3) is 5.56 Å². The van der Waals surface area contributed by atoms with Gasteiger partial charge in [-0.2, -0.15) is 4.98 Å². The van der Waals surface area contributed by atoms with Gasteiger partial charge in [0.2, 0.25) is 11.8 Å². The number of aromatic nitrogens is 2. The summed E-state index contributed by atoms with van der Waals surface area (Å²) in [7, 11) is 0. The molecule has 0 unspecified atom stereocenters. The second-order valence-electron chi connectivity index (χ2n) is 6.19. The number of benzene rings is 3. The second-order valence-corrected chi connectivity index (χ2v) is 6.19. The molecule has 0 aliphatic carbocycles. The van der Waals surface area contributed by atoms with Gasteiger partial charge in [-0.3, -0.25) is 9.78 Å². The highest BCUT2D eigenvalue weighted by Crippen LogP contribution is 2.30. The fourth-order valence-corrected chi connectivity index (χ4v) is 2.79. The average molecular weight is 389 g/mol. The monoisotopic (exact) mass is 389 g/mol. The predicted octanol–water partition coefficient (Wildman–Crippen LogP) is 4.82. The second kappa shape index (κ2) is 7.85. The van der Waals surface area contributed by atoms with Gasteiger partial charge in [0, 0.05) is 5.69 Å². The van der Waals surface area contributed by atoms with Crippen molar-refractivity contribution in [3.05, 3.63) is 95.0 Å². The number of hydrogen-bond acceptors (Lipinski definition) is 5. The van der Waals surface area contributed by atoms with Crippen molar-refractivity contribution < 1.29 is 14.2 Å². The molecule has 3 aromatic carbocycles. The number of aromatic amines is 1. The van der Waals surface area contributed by atoms with Crippen LogP contribution in [0.25, 0.3) is 11.1 Å². The zero-order chi connectivity index (χ0) is 20.2. The molecule has 0 saturated heterocycles. The van der Waals surface area contributed by atoms with E-state index in [0.717, 1.165) is 5.69 Å². The first-order chi connectivity index (χ1) is 14.1. The topological polar surface area (TPSA) is 87.2 Å². The van der Waals surface area contributed by atoms with Crippen LogP contribution >= 0.6 is 0 Å². The van der Waals surface area contributed by atoms with Crippen LogP contribution in [0.1, 0.15) is 0 Å². The summed E-state index contributed by atoms with van der Waals surface area (Å²) >= 11 is 0. The molecule has 4 aromatic rings. The van der Waals surface area contributed by atoms with Crippen LogP contribution in [0.2, 0.25) is 0 Å². The van der Waals surface area contributed by atoms with Gasteiger partial charge >= 0.3 is 0 Å². The van der Waals surface area contributed by atoms with Crippen molar-refractivity contribution in [2.45, 2.75) is 0 Å². The Hall–Kier alpha value is -4.13. The summed E-state index contributed by atoms with van der Waals surface area (Å²) in [6, 6.07) is 21.4. The summed E-state index contributed by atoms with van der Waals surface area (Å²) in [5.74, 6) is 0.228. The highest BCUT2D eigenvalue weighted by molar-refractivity contribution is 5.70. The van der Waals surface area contributed by atoms with Crippen LogP contribution in [0.5, 0.6) is 17.4 Å². The van der Waals surface area contributed by atoms with Crippen LogP contribution in [0.4, 0.5) is 16.0 Å². The number of ether oxygens (including phenoxy) is 1. The summed E-state index contributed by atoms with van der Waals surface area (Å²) in [5.41, 5.74) is 0.669. The van der Waals surface area contributed by atoms with Gasteiger partial charge in [-0.05, 0) is 54.1 Å². The van der Waals surface area contributed by atoms with Crippen LogP contribution in [0.15, 0.2) is 83.7 Å². The van der Waals surface area contributed by atoms with E-state index in [1.54, 1.807) is 36.4 Å². The van der Waals surface area contributed by atoms with Gasteiger partial charge in [-0.15, -0.1) is 0 Å². The number of para-hydroxylation sites is 1. The van der Waals surface area contributed by atoms with Gasteiger partial charge in [0.15, 0.2) is 0 Å². The largest absolute Gasteiger partial charge is 0.493 e. The summed E-state index contributed by atoms with van der Waals surface area (Å²) < 4.78 is 18.7. The zero-order valence-corrected chi connectivity index (χ0v) is 15.1. The van der Waals surface area contributed by atoms with E-state index >= 15 is 0 Å². The van der Waals surface area contributed by atoms with Crippen molar-refractivity contribution in [1.82, 2.24) is 9.97 Å². The Balaban J connectivity index is 1.62. The van der Waals surface area contributed by atoms with Crippen LogP contribution in [0.3, 0.4) is 0 Å². The molecule has 7 heteroatoms. The molecular weight excluding hydrogens is 373 g/mol. The smallest absolute Gasteiger partial charge is 0.264 e. The number of aromatic hydroxyl groups is 1. The maximum atomic E-state index is 13.0. The first-order valence-electron chi connectivity index (χ1n) is 8.78. The van der Waals surface area contributed by atoms with Crippen LogP contribution < -0.4 is 15.6 Å². The van der Waals surface area contributed by atoms with Gasteiger partial charge in [-0.25, -0.2) is 4.39 Å². The van der Waals surface area contributed by atoms with Crippen molar-refractivity contribution in [2.24, 2.45) is 0 Å². The Bertz CT molecular complexity index is 1190. The Morgan fingerprint density at radius 2 is 1.69 bits per heavy atom. The fraction of sp³-hybridized carbons (Fsp3) is 0. The van der Waals surface area contributed by atoms with Crippen molar-refractivity contribution in [1.29, 1.82) is 0 Å². The van der Waals surface area contributed by atoms with Crippen molar-refractivity contribution in [3.63, 3.8) is 0 Å². The number of rotatable bonds is 5. The minimum absolute atomic E-state index is 0.0215. The lowest BCUT2D eigenvalue weighted by atomic mass is 10.1. The number of anilines is 2. The molecule has 4 rings (SSSR count). The normalized spacial score (nSPS) is 10.5. The number of nitrogens with zero attached hydrogens (tertiary/aromatic N) is 1. The van der Waals surface area contributed by atoms with Crippen molar-refractivity contribution in [3.8, 4) is 28.5 Å². The lowest BCUT2D eigenvalue weighted by Crippen LogP contribution is -2.13. The molecule has 1 aromatic heterocycles. The Morgan fingerprint density at radius 3 is 2.41 bits per heavy atom. The molecule has 0 aliphatic heterocycles. The van der Waals surface area contributed by atoms with Crippen LogP contribution in [0, 0.1) is 5.82 Å². The Kier molecular flexibility index (Phi) is 4.94. The van der Waals surface area contributed by atoms with E-state index in [1.807, 2.05) is 18.2 Å². The Labute approximate surface area is 165 Å². The molecule has 0 bridgehead atoms. The van der Waals surface area contributed by atoms with E-state index in [-0.39, 0.29) is 17.3 Å². The van der Waals surface area contributed by atoms with E-state index in [9.17, 15) is 14.3 Å². The minimum Gasteiger partial charge on any atom is -0.493 e. The molecule has 3 N–H and O–H groups in total. The third-order valence-corrected chi connectivity index (χ3v) is 4.11. The van der Waals surface area contributed by atoms with E-state index in [4.69, 9.17) is 4.74 Å². The zero-order valence-electron chi connectivity index (χ0n) is 15.1. The van der Waals surface area contributed by atoms with Gasteiger partial charge in [-0.1, -0.05) is 30.3 Å². The first kappa shape index (κ1) is 18.2. The summed E-state index contributed by atoms with van der Waals surface area (Å²) in [5, 5.41) is 13.3. The van der Waals surface area contributed by atoms with Crippen molar-refractivity contribution >= 4 is 11.6 Å². The molecule has 0 aliphatic rings. The lowest BCUT2D eigenvalue weighted by Gasteiger charge is -2.10. The summed E-state index contributed by atoms with van der Waals surface area (Å²) in [6.45, 7) is 0. The lowest BCUT2D eigenvalue weighted by molar-refractivity contribution is 0.454. The highest BCUT2D eigenvalue weighted by atomic mass is 19.1. The first-order valence-corrected chi connectivity index (χ1v) is 8.78. The SMILES string of the molecule is O=c1[nH]c(Nc2ccccc2)nc(O)c1-c1cccc(Oc2ccc(F)cc2)c1. The van der Waals surface area contributed by atoms with E-state index in [2.05, 4.69) is 15.3 Å². The van der Waals surface area contributed by atoms with Crippen molar-refractivity contribution in [2.75, 3.05) is 5.32 Å². The molecular formula is C22H16FN3O3. The number of nitrogens with one attached hydrogen (secondary N) is 2. The molecule has 0 spiro atoms. The summed E-state index contributed by atoms with van der Waals surface area (Å²) in [6.07, 6.45) is 0. The van der Waals surface area contributed by atoms with Gasteiger partial charge in [0.05, 0.1) is 0 Å². The van der Waals surface area contributed by atoms with Crippen LogP contribution in [-0.4, -0.2) is 15.1 Å². The molecule has 6 nitrogen and oxygen atoms in total. The summed E-state index contributed by atoms with van der Waals surface area (Å²) in [4.78, 5) is 19.2. The number of H-pyrrole nitrogens is 1. The number of halogens is 1. The molecule has 0 fully saturated rings. The van der Waals surface area contributed by atoms with E-state index in [1.165, 1.54) is 24.3 Å². The van der Waals surface area contributed by atoms with Gasteiger partial charge < -0.3 is 15.2 Å². The molecule has 144 valence electrons. The standard InChI is InChI=1S/C22H16FN3O3/c23-15-9-11-17(12-10-15)29-18-8-4-5-14(13-18)19-20(27)25-22(26-21(19)28)24-16-6-2-1-3-7-16/h1-13H,(H3,24,25,26,27,28). The molecule has 0 radical (unpaired) electrons. The third kappa shape index (κ3) is 4.24. The highest BCUT2D eigenvalue weighted by Gasteiger charge is 2.14. The maximum absolute atomic E-state index is 13.0. The fourth-order valence-electron chi connectivity index (χ4n) is 2.79. The maximum Gasteiger partial charge on any atom is 0.264 e. The van der Waals surface area contributed by atoms with Gasteiger partial charge in [0.1, 0.15) is 22.9 Å². The molecule has 0 amide bonds. The quantitative estimate of drug-likeness (QED) is 0.456. The van der Waals surface area contributed by atoms with Crippen LogP contribution in [-0.2, 0) is 0 Å².